The van der Waals surface area contributed by atoms with E-state index in [0.717, 1.165) is 24.1 Å². The third-order valence-corrected chi connectivity index (χ3v) is 6.24. The summed E-state index contributed by atoms with van der Waals surface area (Å²) in [5, 5.41) is 7.87. The second kappa shape index (κ2) is 10.7. The van der Waals surface area contributed by atoms with E-state index in [1.807, 2.05) is 63.5 Å². The Bertz CT molecular complexity index is 1340. The Morgan fingerprint density at radius 1 is 1.15 bits per heavy atom. The van der Waals surface area contributed by atoms with Crippen LogP contribution in [0.25, 0.3) is 22.2 Å². The molecule has 0 spiro atoms. The number of fused-ring (bicyclic) bond motifs is 1. The Hall–Kier alpha value is -3.43. The number of hydrogen-bond donors (Lipinski definition) is 1. The lowest BCUT2D eigenvalue weighted by Gasteiger charge is -2.14. The quantitative estimate of drug-likeness (QED) is 0.287. The van der Waals surface area contributed by atoms with E-state index in [1.54, 1.807) is 16.7 Å². The van der Waals surface area contributed by atoms with Crippen LogP contribution < -0.4 is 10.9 Å². The summed E-state index contributed by atoms with van der Waals surface area (Å²) < 4.78 is 6.94. The van der Waals surface area contributed by atoms with Gasteiger partial charge >= 0.3 is 0 Å². The highest BCUT2D eigenvalue weighted by atomic mass is 32.2. The van der Waals surface area contributed by atoms with Gasteiger partial charge in [0.15, 0.2) is 5.16 Å². The molecule has 0 bridgehead atoms. The van der Waals surface area contributed by atoms with E-state index in [4.69, 9.17) is 4.52 Å². The molecule has 0 saturated heterocycles. The summed E-state index contributed by atoms with van der Waals surface area (Å²) in [5.74, 6) is 0.0915. The average molecular weight is 478 g/mol. The lowest BCUT2D eigenvalue weighted by Crippen LogP contribution is -2.26. The van der Waals surface area contributed by atoms with Crippen molar-refractivity contribution in [1.29, 1.82) is 0 Å². The normalized spacial score (nSPS) is 11.3. The molecule has 0 aliphatic carbocycles. The van der Waals surface area contributed by atoms with Gasteiger partial charge in [-0.15, -0.1) is 0 Å². The fraction of sp³-hybridized carbons (Fsp3) is 0.280. The van der Waals surface area contributed by atoms with Crippen LogP contribution in [0.2, 0.25) is 0 Å². The van der Waals surface area contributed by atoms with E-state index < -0.39 is 0 Å². The van der Waals surface area contributed by atoms with Gasteiger partial charge in [-0.25, -0.2) is 4.98 Å². The van der Waals surface area contributed by atoms with Crippen molar-refractivity contribution < 1.29 is 9.32 Å². The first-order valence-electron chi connectivity index (χ1n) is 11.0. The van der Waals surface area contributed by atoms with Crippen LogP contribution in [0.1, 0.15) is 12.0 Å². The molecule has 1 N–H and O–H groups in total. The topological polar surface area (TPSA) is 93.3 Å². The molecule has 0 fully saturated rings. The predicted molar refractivity (Wildman–Crippen MR) is 135 cm³/mol. The van der Waals surface area contributed by atoms with Crippen molar-refractivity contribution in [2.75, 3.05) is 31.7 Å². The number of carbonyl (C=O) groups is 1. The number of aryl methyl sites for hydroxylation is 1. The van der Waals surface area contributed by atoms with Gasteiger partial charge in [-0.1, -0.05) is 58.9 Å². The molecule has 0 unspecified atom stereocenters. The number of para-hydroxylation sites is 1. The Morgan fingerprint density at radius 3 is 2.68 bits per heavy atom. The highest BCUT2D eigenvalue weighted by molar-refractivity contribution is 7.99. The van der Waals surface area contributed by atoms with Gasteiger partial charge in [-0.05, 0) is 46.1 Å². The molecular weight excluding hydrogens is 450 g/mol. The third kappa shape index (κ3) is 5.73. The molecule has 0 radical (unpaired) electrons. The molecule has 4 aromatic rings. The molecule has 0 aliphatic heterocycles. The standard InChI is InChI=1S/C25H27N5O3S/c1-17-9-11-18(12-10-17)21-15-23(33-28-21)27-22(31)16-34-25-26-20-8-5-4-7-19(20)24(32)30(25)14-6-13-29(2)3/h4-5,7-12,15H,6,13-14,16H2,1-3H3,(H,27,31). The first-order valence-corrected chi connectivity index (χ1v) is 12.0. The zero-order valence-electron chi connectivity index (χ0n) is 19.4. The molecular formula is C25H27N5O3S. The zero-order chi connectivity index (χ0) is 24.1. The van der Waals surface area contributed by atoms with Crippen LogP contribution in [0, 0.1) is 6.92 Å². The Labute approximate surface area is 202 Å². The largest absolute Gasteiger partial charge is 0.338 e. The maximum absolute atomic E-state index is 13.1. The molecule has 176 valence electrons. The molecule has 4 rings (SSSR count). The first kappa shape index (κ1) is 23.7. The number of anilines is 1. The lowest BCUT2D eigenvalue weighted by atomic mass is 10.1. The van der Waals surface area contributed by atoms with Crippen molar-refractivity contribution in [3.05, 3.63) is 70.5 Å². The molecule has 1 amide bonds. The van der Waals surface area contributed by atoms with Gasteiger partial charge in [0.25, 0.3) is 5.56 Å². The van der Waals surface area contributed by atoms with E-state index in [-0.39, 0.29) is 23.1 Å². The number of aromatic nitrogens is 3. The number of thioether (sulfide) groups is 1. The summed E-state index contributed by atoms with van der Waals surface area (Å²) in [6, 6.07) is 16.9. The third-order valence-electron chi connectivity index (χ3n) is 5.27. The Balaban J connectivity index is 1.46. The zero-order valence-corrected chi connectivity index (χ0v) is 20.3. The smallest absolute Gasteiger partial charge is 0.262 e. The van der Waals surface area contributed by atoms with Crippen LogP contribution in [0.5, 0.6) is 0 Å². The minimum Gasteiger partial charge on any atom is -0.338 e. The molecule has 2 aromatic carbocycles. The van der Waals surface area contributed by atoms with Gasteiger partial charge < -0.3 is 9.42 Å². The SMILES string of the molecule is Cc1ccc(-c2cc(NC(=O)CSc3nc4ccccc4c(=O)n3CCCN(C)C)on2)cc1. The second-order valence-electron chi connectivity index (χ2n) is 8.30. The number of hydrogen-bond acceptors (Lipinski definition) is 7. The van der Waals surface area contributed by atoms with E-state index in [1.165, 1.54) is 11.8 Å². The van der Waals surface area contributed by atoms with Crippen LogP contribution in [-0.4, -0.2) is 51.9 Å². The van der Waals surface area contributed by atoms with Crippen molar-refractivity contribution >= 4 is 34.5 Å². The minimum atomic E-state index is -0.265. The van der Waals surface area contributed by atoms with Crippen LogP contribution in [0.3, 0.4) is 0 Å². The number of rotatable bonds is 9. The van der Waals surface area contributed by atoms with E-state index >= 15 is 0 Å². The number of nitrogens with zero attached hydrogens (tertiary/aromatic N) is 4. The molecule has 2 aromatic heterocycles. The first-order chi connectivity index (χ1) is 16.4. The predicted octanol–water partition coefficient (Wildman–Crippen LogP) is 4.04. The van der Waals surface area contributed by atoms with Gasteiger partial charge in [0, 0.05) is 18.2 Å². The second-order valence-corrected chi connectivity index (χ2v) is 9.25. The molecule has 0 aliphatic rings. The summed E-state index contributed by atoms with van der Waals surface area (Å²) in [7, 11) is 3.99. The highest BCUT2D eigenvalue weighted by Crippen LogP contribution is 2.23. The van der Waals surface area contributed by atoms with E-state index in [0.29, 0.717) is 28.3 Å². The minimum absolute atomic E-state index is 0.0824. The number of nitrogens with one attached hydrogen (secondary N) is 1. The van der Waals surface area contributed by atoms with Gasteiger partial charge in [0.05, 0.1) is 16.7 Å². The van der Waals surface area contributed by atoms with Crippen LogP contribution in [0.4, 0.5) is 5.88 Å². The van der Waals surface area contributed by atoms with Crippen LogP contribution in [-0.2, 0) is 11.3 Å². The van der Waals surface area contributed by atoms with Crippen molar-refractivity contribution in [2.24, 2.45) is 0 Å². The molecule has 2 heterocycles. The molecule has 9 heteroatoms. The Kier molecular flexibility index (Phi) is 7.44. The van der Waals surface area contributed by atoms with Gasteiger partial charge in [-0.2, -0.15) is 0 Å². The van der Waals surface area contributed by atoms with E-state index in [9.17, 15) is 9.59 Å². The number of benzene rings is 2. The maximum atomic E-state index is 13.1. The van der Waals surface area contributed by atoms with Crippen molar-refractivity contribution in [2.45, 2.75) is 25.0 Å². The maximum Gasteiger partial charge on any atom is 0.262 e. The molecule has 8 nitrogen and oxygen atoms in total. The monoisotopic (exact) mass is 477 g/mol. The highest BCUT2D eigenvalue weighted by Gasteiger charge is 2.15. The van der Waals surface area contributed by atoms with Crippen LogP contribution >= 0.6 is 11.8 Å². The van der Waals surface area contributed by atoms with Crippen LogP contribution in [0.15, 0.2) is 69.1 Å². The summed E-state index contributed by atoms with van der Waals surface area (Å²) in [6.07, 6.45) is 0.798. The van der Waals surface area contributed by atoms with Crippen molar-refractivity contribution in [3.63, 3.8) is 0 Å². The molecule has 34 heavy (non-hydrogen) atoms. The number of amides is 1. The Morgan fingerprint density at radius 2 is 1.91 bits per heavy atom. The summed E-state index contributed by atoms with van der Waals surface area (Å²) in [4.78, 5) is 32.4. The van der Waals surface area contributed by atoms with Crippen molar-refractivity contribution in [3.8, 4) is 11.3 Å². The summed E-state index contributed by atoms with van der Waals surface area (Å²) >= 11 is 1.23. The van der Waals surface area contributed by atoms with Gasteiger partial charge in [0.2, 0.25) is 11.8 Å². The van der Waals surface area contributed by atoms with Gasteiger partial charge in [0.1, 0.15) is 5.69 Å². The average Bonchev–Trinajstić information content (AvgIpc) is 3.28. The number of carbonyl (C=O) groups excluding carboxylic acids is 1. The summed E-state index contributed by atoms with van der Waals surface area (Å²) in [5.41, 5.74) is 3.24. The van der Waals surface area contributed by atoms with E-state index in [2.05, 4.69) is 20.4 Å². The fourth-order valence-corrected chi connectivity index (χ4v) is 4.32. The van der Waals surface area contributed by atoms with Gasteiger partial charge in [-0.3, -0.25) is 19.5 Å². The summed E-state index contributed by atoms with van der Waals surface area (Å²) in [6.45, 7) is 3.39. The molecule has 0 atom stereocenters. The fourth-order valence-electron chi connectivity index (χ4n) is 3.50. The lowest BCUT2D eigenvalue weighted by molar-refractivity contribution is -0.113. The van der Waals surface area contributed by atoms with Crippen molar-refractivity contribution in [1.82, 2.24) is 19.6 Å². The molecule has 0 saturated carbocycles.